The molecule has 2 unspecified atom stereocenters. The average Bonchev–Trinajstić information content (AvgIpc) is 2.43. The maximum Gasteiger partial charge on any atom is 0.345 e. The summed E-state index contributed by atoms with van der Waals surface area (Å²) in [5, 5.41) is 0. The average molecular weight is 213 g/mol. The number of aliphatic imine (C=N–C) groups is 1. The minimum atomic E-state index is -0.220. The van der Waals surface area contributed by atoms with Crippen LogP contribution in [0.3, 0.4) is 0 Å². The Kier molecular flexibility index (Phi) is 4.08. The van der Waals surface area contributed by atoms with Crippen molar-refractivity contribution in [3.8, 4) is 0 Å². The number of hydrogen-bond donors (Lipinski definition) is 1. The fourth-order valence-electron chi connectivity index (χ4n) is 1.95. The lowest BCUT2D eigenvalue weighted by molar-refractivity contribution is 0.124. The molecule has 1 aliphatic heterocycles. The Hall–Kier alpha value is -1.10. The van der Waals surface area contributed by atoms with Crippen molar-refractivity contribution in [3.63, 3.8) is 0 Å². The maximum atomic E-state index is 11.5. The van der Waals surface area contributed by atoms with Gasteiger partial charge in [0.2, 0.25) is 0 Å². The maximum absolute atomic E-state index is 11.5. The van der Waals surface area contributed by atoms with Crippen LogP contribution >= 0.6 is 0 Å². The predicted octanol–water partition coefficient (Wildman–Crippen LogP) is 0.840. The fourth-order valence-corrected chi connectivity index (χ4v) is 1.95. The van der Waals surface area contributed by atoms with Crippen molar-refractivity contribution in [2.45, 2.75) is 26.3 Å². The molecule has 0 saturated heterocycles. The van der Waals surface area contributed by atoms with E-state index in [4.69, 9.17) is 10.5 Å². The van der Waals surface area contributed by atoms with Crippen molar-refractivity contribution >= 4 is 11.9 Å². The van der Waals surface area contributed by atoms with Crippen LogP contribution in [0.4, 0.5) is 4.79 Å². The molecule has 1 rings (SSSR count). The molecule has 1 aliphatic rings. The van der Waals surface area contributed by atoms with Gasteiger partial charge in [-0.3, -0.25) is 0 Å². The molecule has 5 nitrogen and oxygen atoms in total. The number of carbonyl (C=O) groups excluding carboxylic acids is 1. The molecule has 0 saturated carbocycles. The van der Waals surface area contributed by atoms with E-state index in [2.05, 4.69) is 4.99 Å². The van der Waals surface area contributed by atoms with Gasteiger partial charge in [-0.15, -0.1) is 0 Å². The molecule has 0 radical (unpaired) electrons. The van der Waals surface area contributed by atoms with Gasteiger partial charge < -0.3 is 15.4 Å². The quantitative estimate of drug-likeness (QED) is 0.735. The van der Waals surface area contributed by atoms with Gasteiger partial charge in [0.15, 0.2) is 0 Å². The summed E-state index contributed by atoms with van der Waals surface area (Å²) in [4.78, 5) is 17.0. The van der Waals surface area contributed by atoms with E-state index in [9.17, 15) is 4.79 Å². The van der Waals surface area contributed by atoms with Crippen molar-refractivity contribution in [2.75, 3.05) is 20.3 Å². The zero-order valence-electron chi connectivity index (χ0n) is 9.56. The van der Waals surface area contributed by atoms with Gasteiger partial charge >= 0.3 is 6.03 Å². The lowest BCUT2D eigenvalue weighted by Gasteiger charge is -2.28. The molecule has 86 valence electrons. The summed E-state index contributed by atoms with van der Waals surface area (Å²) in [5.41, 5.74) is 5.75. The Morgan fingerprint density at radius 1 is 1.67 bits per heavy atom. The molecule has 1 heterocycles. The third-order valence-electron chi connectivity index (χ3n) is 2.54. The second-order valence-electron chi connectivity index (χ2n) is 3.89. The van der Waals surface area contributed by atoms with Gasteiger partial charge in [-0.2, -0.15) is 4.99 Å². The summed E-state index contributed by atoms with van der Waals surface area (Å²) in [6, 6.07) is -0.320. The first kappa shape index (κ1) is 12.0. The number of carbonyl (C=O) groups is 1. The van der Waals surface area contributed by atoms with Crippen molar-refractivity contribution in [3.05, 3.63) is 0 Å². The summed E-state index contributed by atoms with van der Waals surface area (Å²) in [5.74, 6) is 0.592. The van der Waals surface area contributed by atoms with E-state index in [0.717, 1.165) is 6.42 Å². The molecule has 2 amide bonds. The van der Waals surface area contributed by atoms with Crippen molar-refractivity contribution < 1.29 is 9.53 Å². The summed E-state index contributed by atoms with van der Waals surface area (Å²) in [6.45, 7) is 5.31. The van der Waals surface area contributed by atoms with Crippen LogP contribution in [0.2, 0.25) is 0 Å². The van der Waals surface area contributed by atoms with Crippen LogP contribution in [-0.4, -0.2) is 43.1 Å². The van der Waals surface area contributed by atoms with Gasteiger partial charge in [0, 0.05) is 19.6 Å². The number of nitrogens with two attached hydrogens (primary N) is 1. The van der Waals surface area contributed by atoms with E-state index in [0.29, 0.717) is 19.0 Å². The van der Waals surface area contributed by atoms with Gasteiger partial charge in [-0.25, -0.2) is 4.79 Å². The standard InChI is InChI=1S/C10H19N3O2/c1-4-5-13-8(7(2)6-15-3)9(11)12-10(13)14/h7-8H,4-6H2,1-3H3,(H2,11,12,14). The molecule has 15 heavy (non-hydrogen) atoms. The first-order chi connectivity index (χ1) is 7.11. The Labute approximate surface area is 90.3 Å². The number of amides is 2. The van der Waals surface area contributed by atoms with E-state index in [1.165, 1.54) is 0 Å². The largest absolute Gasteiger partial charge is 0.385 e. The van der Waals surface area contributed by atoms with Crippen molar-refractivity contribution in [2.24, 2.45) is 16.6 Å². The number of urea groups is 1. The summed E-state index contributed by atoms with van der Waals surface area (Å²) >= 11 is 0. The fraction of sp³-hybridized carbons (Fsp3) is 0.800. The number of methoxy groups -OCH3 is 1. The first-order valence-electron chi connectivity index (χ1n) is 5.25. The van der Waals surface area contributed by atoms with Crippen LogP contribution in [0.5, 0.6) is 0 Å². The molecular weight excluding hydrogens is 194 g/mol. The summed E-state index contributed by atoms with van der Waals surface area (Å²) in [7, 11) is 1.64. The molecule has 0 bridgehead atoms. The van der Waals surface area contributed by atoms with E-state index in [-0.39, 0.29) is 18.0 Å². The molecular formula is C10H19N3O2. The summed E-state index contributed by atoms with van der Waals surface area (Å²) in [6.07, 6.45) is 0.907. The highest BCUT2D eigenvalue weighted by Gasteiger charge is 2.36. The van der Waals surface area contributed by atoms with Crippen molar-refractivity contribution in [1.82, 2.24) is 4.90 Å². The SMILES string of the molecule is CCCN1C(=O)N=C(N)C1C(C)COC. The third-order valence-corrected chi connectivity index (χ3v) is 2.54. The molecule has 0 aromatic heterocycles. The Balaban J connectivity index is 2.74. The van der Waals surface area contributed by atoms with E-state index in [1.807, 2.05) is 13.8 Å². The van der Waals surface area contributed by atoms with Crippen LogP contribution in [-0.2, 0) is 4.74 Å². The van der Waals surface area contributed by atoms with E-state index in [1.54, 1.807) is 12.0 Å². The van der Waals surface area contributed by atoms with Crippen molar-refractivity contribution in [1.29, 1.82) is 0 Å². The number of nitrogens with zero attached hydrogens (tertiary/aromatic N) is 2. The van der Waals surface area contributed by atoms with Gasteiger partial charge in [0.25, 0.3) is 0 Å². The molecule has 0 fully saturated rings. The van der Waals surface area contributed by atoms with Gasteiger partial charge in [-0.1, -0.05) is 13.8 Å². The predicted molar refractivity (Wildman–Crippen MR) is 58.8 cm³/mol. The third kappa shape index (κ3) is 2.47. The molecule has 0 aromatic rings. The van der Waals surface area contributed by atoms with E-state index >= 15 is 0 Å². The lowest BCUT2D eigenvalue weighted by Crippen LogP contribution is -2.46. The molecule has 0 aliphatic carbocycles. The normalized spacial score (nSPS) is 23.1. The Bertz CT molecular complexity index is 265. The number of rotatable bonds is 5. The van der Waals surface area contributed by atoms with Gasteiger partial charge in [0.1, 0.15) is 5.84 Å². The summed E-state index contributed by atoms with van der Waals surface area (Å²) < 4.78 is 5.08. The highest BCUT2D eigenvalue weighted by Crippen LogP contribution is 2.19. The Morgan fingerprint density at radius 2 is 2.33 bits per heavy atom. The molecule has 5 heteroatoms. The van der Waals surface area contributed by atoms with Gasteiger partial charge in [-0.05, 0) is 6.42 Å². The number of amidine groups is 1. The second-order valence-corrected chi connectivity index (χ2v) is 3.89. The first-order valence-corrected chi connectivity index (χ1v) is 5.25. The topological polar surface area (TPSA) is 67.9 Å². The number of hydrogen-bond acceptors (Lipinski definition) is 3. The van der Waals surface area contributed by atoms with Crippen LogP contribution < -0.4 is 5.73 Å². The van der Waals surface area contributed by atoms with Gasteiger partial charge in [0.05, 0.1) is 12.6 Å². The molecule has 0 spiro atoms. The monoisotopic (exact) mass is 213 g/mol. The minimum absolute atomic E-state index is 0.0996. The van der Waals surface area contributed by atoms with Crippen LogP contribution in [0.25, 0.3) is 0 Å². The smallest absolute Gasteiger partial charge is 0.345 e. The molecule has 2 N–H and O–H groups in total. The highest BCUT2D eigenvalue weighted by atomic mass is 16.5. The zero-order chi connectivity index (χ0) is 11.4. The van der Waals surface area contributed by atoms with Crippen LogP contribution in [0.15, 0.2) is 4.99 Å². The minimum Gasteiger partial charge on any atom is -0.385 e. The molecule has 2 atom stereocenters. The number of ether oxygens (including phenoxy) is 1. The second kappa shape index (κ2) is 5.11. The van der Waals surface area contributed by atoms with Crippen LogP contribution in [0, 0.1) is 5.92 Å². The highest BCUT2D eigenvalue weighted by molar-refractivity contribution is 6.02. The molecule has 0 aromatic carbocycles. The Morgan fingerprint density at radius 3 is 2.87 bits per heavy atom. The zero-order valence-corrected chi connectivity index (χ0v) is 9.56. The lowest BCUT2D eigenvalue weighted by atomic mass is 10.0. The van der Waals surface area contributed by atoms with E-state index < -0.39 is 0 Å². The van der Waals surface area contributed by atoms with Crippen LogP contribution in [0.1, 0.15) is 20.3 Å².